The van der Waals surface area contributed by atoms with Gasteiger partial charge in [-0.15, -0.1) is 0 Å². The maximum absolute atomic E-state index is 5.53. The molecule has 1 saturated carbocycles. The molecule has 1 fully saturated rings. The summed E-state index contributed by atoms with van der Waals surface area (Å²) in [6, 6.07) is 0.311. The van der Waals surface area contributed by atoms with E-state index >= 15 is 0 Å². The molecule has 1 aliphatic carbocycles. The number of rotatable bonds is 3. The number of nitrogens with two attached hydrogens (primary N) is 2. The molecule has 0 aliphatic heterocycles. The fraction of sp³-hybridized carbons (Fsp3) is 0.833. The van der Waals surface area contributed by atoms with Gasteiger partial charge in [-0.1, -0.05) is 20.8 Å². The van der Waals surface area contributed by atoms with E-state index in [1.165, 1.54) is 0 Å². The van der Waals surface area contributed by atoms with E-state index in [0.717, 1.165) is 25.8 Å². The van der Waals surface area contributed by atoms with Crippen LogP contribution in [0.1, 0.15) is 40.0 Å². The van der Waals surface area contributed by atoms with Crippen LogP contribution in [0.3, 0.4) is 0 Å². The molecule has 0 heterocycles. The Morgan fingerprint density at radius 1 is 1.26 bits per heavy atom. The van der Waals surface area contributed by atoms with Gasteiger partial charge in [-0.05, 0) is 54.5 Å². The first-order valence-corrected chi connectivity index (χ1v) is 7.28. The van der Waals surface area contributed by atoms with Crippen LogP contribution in [-0.4, -0.2) is 22.8 Å². The molecule has 0 spiro atoms. The SMILES string of the molecule is CC1(C)CC(NC(=S)NN)CC(C)(CNC(N)=S)C1. The molecule has 110 valence electrons. The van der Waals surface area contributed by atoms with E-state index in [9.17, 15) is 0 Å². The van der Waals surface area contributed by atoms with Gasteiger partial charge < -0.3 is 21.8 Å². The molecule has 0 aromatic carbocycles. The predicted octanol–water partition coefficient (Wildman–Crippen LogP) is 0.742. The van der Waals surface area contributed by atoms with E-state index in [0.29, 0.717) is 16.3 Å². The van der Waals surface area contributed by atoms with E-state index in [1.807, 2.05) is 0 Å². The molecule has 0 saturated heterocycles. The Bertz CT molecular complexity index is 358. The minimum absolute atomic E-state index is 0.132. The Morgan fingerprint density at radius 2 is 1.89 bits per heavy atom. The summed E-state index contributed by atoms with van der Waals surface area (Å²) in [7, 11) is 0. The highest BCUT2D eigenvalue weighted by molar-refractivity contribution is 7.80. The number of hydrogen-bond acceptors (Lipinski definition) is 3. The summed E-state index contributed by atoms with van der Waals surface area (Å²) in [4.78, 5) is 0. The van der Waals surface area contributed by atoms with Crippen molar-refractivity contribution in [2.45, 2.75) is 46.1 Å². The van der Waals surface area contributed by atoms with Crippen molar-refractivity contribution >= 4 is 34.7 Å². The number of hydrazine groups is 1. The first-order valence-electron chi connectivity index (χ1n) is 6.46. The van der Waals surface area contributed by atoms with Crippen LogP contribution >= 0.6 is 24.4 Å². The van der Waals surface area contributed by atoms with Crippen LogP contribution in [0.25, 0.3) is 0 Å². The Balaban J connectivity index is 2.71. The molecule has 5 nitrogen and oxygen atoms in total. The van der Waals surface area contributed by atoms with Gasteiger partial charge in [0.2, 0.25) is 0 Å². The average molecular weight is 304 g/mol. The van der Waals surface area contributed by atoms with Crippen LogP contribution in [0.5, 0.6) is 0 Å². The van der Waals surface area contributed by atoms with Gasteiger partial charge in [-0.25, -0.2) is 5.84 Å². The van der Waals surface area contributed by atoms with Crippen molar-refractivity contribution in [3.05, 3.63) is 0 Å². The zero-order valence-corrected chi connectivity index (χ0v) is 13.5. The van der Waals surface area contributed by atoms with Crippen molar-refractivity contribution in [2.75, 3.05) is 6.54 Å². The quantitative estimate of drug-likeness (QED) is 0.299. The lowest BCUT2D eigenvalue weighted by Crippen LogP contribution is -2.53. The molecule has 1 aliphatic rings. The van der Waals surface area contributed by atoms with Gasteiger partial charge in [0.1, 0.15) is 0 Å². The van der Waals surface area contributed by atoms with E-state index in [1.54, 1.807) is 0 Å². The van der Waals surface area contributed by atoms with Gasteiger partial charge in [0.15, 0.2) is 10.2 Å². The van der Waals surface area contributed by atoms with E-state index < -0.39 is 0 Å². The number of thiocarbonyl (C=S) groups is 2. The topological polar surface area (TPSA) is 88.1 Å². The normalized spacial score (nSPS) is 29.4. The minimum atomic E-state index is 0.132. The summed E-state index contributed by atoms with van der Waals surface area (Å²) in [5.74, 6) is 5.32. The lowest BCUT2D eigenvalue weighted by Gasteiger charge is -2.47. The van der Waals surface area contributed by atoms with Crippen molar-refractivity contribution in [1.82, 2.24) is 16.1 Å². The van der Waals surface area contributed by atoms with Crippen molar-refractivity contribution in [1.29, 1.82) is 0 Å². The van der Waals surface area contributed by atoms with Crippen molar-refractivity contribution in [2.24, 2.45) is 22.4 Å². The number of hydrogen-bond donors (Lipinski definition) is 5. The summed E-state index contributed by atoms with van der Waals surface area (Å²) in [6.45, 7) is 7.59. The second-order valence-corrected chi connectivity index (χ2v) is 7.44. The fourth-order valence-corrected chi connectivity index (χ4v) is 3.64. The molecule has 19 heavy (non-hydrogen) atoms. The molecule has 2 atom stereocenters. The highest BCUT2D eigenvalue weighted by Crippen LogP contribution is 2.45. The minimum Gasteiger partial charge on any atom is -0.376 e. The van der Waals surface area contributed by atoms with Gasteiger partial charge in [-0.2, -0.15) is 0 Å². The van der Waals surface area contributed by atoms with Gasteiger partial charge >= 0.3 is 0 Å². The van der Waals surface area contributed by atoms with Crippen LogP contribution < -0.4 is 27.6 Å². The molecule has 2 unspecified atom stereocenters. The molecule has 1 rings (SSSR count). The Hall–Kier alpha value is -0.660. The summed E-state index contributed by atoms with van der Waals surface area (Å²) >= 11 is 9.98. The third-order valence-corrected chi connectivity index (χ3v) is 3.98. The highest BCUT2D eigenvalue weighted by atomic mass is 32.1. The van der Waals surface area contributed by atoms with Gasteiger partial charge in [0, 0.05) is 12.6 Å². The zero-order valence-electron chi connectivity index (χ0n) is 11.9. The first-order chi connectivity index (χ1) is 8.66. The van der Waals surface area contributed by atoms with Crippen LogP contribution in [0.15, 0.2) is 0 Å². The summed E-state index contributed by atoms with van der Waals surface area (Å²) in [5.41, 5.74) is 8.39. The molecule has 7 N–H and O–H groups in total. The Morgan fingerprint density at radius 3 is 2.42 bits per heavy atom. The van der Waals surface area contributed by atoms with E-state index in [-0.39, 0.29) is 10.8 Å². The smallest absolute Gasteiger partial charge is 0.180 e. The summed E-state index contributed by atoms with van der Waals surface area (Å²) < 4.78 is 0. The van der Waals surface area contributed by atoms with Crippen molar-refractivity contribution in [3.8, 4) is 0 Å². The summed E-state index contributed by atoms with van der Waals surface area (Å²) in [5, 5.41) is 7.21. The Labute approximate surface area is 126 Å². The van der Waals surface area contributed by atoms with Crippen LogP contribution in [-0.2, 0) is 0 Å². The lowest BCUT2D eigenvalue weighted by atomic mass is 9.62. The molecule has 0 radical (unpaired) electrons. The molecule has 0 amide bonds. The molecule has 0 bridgehead atoms. The second-order valence-electron chi connectivity index (χ2n) is 6.59. The highest BCUT2D eigenvalue weighted by Gasteiger charge is 2.41. The molecule has 7 heteroatoms. The van der Waals surface area contributed by atoms with Crippen LogP contribution in [0, 0.1) is 10.8 Å². The second kappa shape index (κ2) is 6.19. The molecular formula is C12H25N5S2. The first kappa shape index (κ1) is 16.4. The fourth-order valence-electron chi connectivity index (χ4n) is 3.40. The maximum Gasteiger partial charge on any atom is 0.180 e. The number of nitrogens with one attached hydrogen (secondary N) is 3. The van der Waals surface area contributed by atoms with Crippen LogP contribution in [0.2, 0.25) is 0 Å². The third kappa shape index (κ3) is 5.46. The molecular weight excluding hydrogens is 278 g/mol. The molecule has 0 aromatic heterocycles. The maximum atomic E-state index is 5.53. The van der Waals surface area contributed by atoms with E-state index in [2.05, 4.69) is 36.8 Å². The standard InChI is InChI=1S/C12H25N5S2/c1-11(2)4-8(16-10(19)17-14)5-12(3,6-11)7-15-9(13)18/h8H,4-7,14H2,1-3H3,(H3,13,15,18)(H2,16,17,19). The lowest BCUT2D eigenvalue weighted by molar-refractivity contribution is 0.0803. The van der Waals surface area contributed by atoms with Crippen LogP contribution in [0.4, 0.5) is 0 Å². The largest absolute Gasteiger partial charge is 0.376 e. The molecule has 0 aromatic rings. The van der Waals surface area contributed by atoms with Crippen molar-refractivity contribution < 1.29 is 0 Å². The monoisotopic (exact) mass is 303 g/mol. The van der Waals surface area contributed by atoms with E-state index in [4.69, 9.17) is 36.0 Å². The summed E-state index contributed by atoms with van der Waals surface area (Å²) in [6.07, 6.45) is 3.20. The average Bonchev–Trinajstić information content (AvgIpc) is 2.23. The Kier molecular flexibility index (Phi) is 5.34. The third-order valence-electron chi connectivity index (χ3n) is 3.60. The van der Waals surface area contributed by atoms with Gasteiger partial charge in [0.05, 0.1) is 0 Å². The predicted molar refractivity (Wildman–Crippen MR) is 87.4 cm³/mol. The zero-order chi connectivity index (χ0) is 14.7. The van der Waals surface area contributed by atoms with Gasteiger partial charge in [0.25, 0.3) is 0 Å². The van der Waals surface area contributed by atoms with Crippen molar-refractivity contribution in [3.63, 3.8) is 0 Å². The van der Waals surface area contributed by atoms with Gasteiger partial charge in [-0.3, -0.25) is 0 Å².